The molecule has 1 aromatic heterocycles. The zero-order chi connectivity index (χ0) is 21.8. The second-order valence-electron chi connectivity index (χ2n) is 8.39. The molecule has 3 amide bonds. The highest BCUT2D eigenvalue weighted by Gasteiger charge is 2.49. The number of imide groups is 1. The largest absolute Gasteiger partial charge is 0.355 e. The summed E-state index contributed by atoms with van der Waals surface area (Å²) in [6.45, 7) is 6.14. The second kappa shape index (κ2) is 6.93. The number of hydrogen-bond donors (Lipinski definition) is 2. The van der Waals surface area contributed by atoms with Crippen LogP contribution in [0.3, 0.4) is 0 Å². The molecule has 156 valence electrons. The number of aromatic nitrogens is 1. The summed E-state index contributed by atoms with van der Waals surface area (Å²) in [6.07, 6.45) is 3.09. The van der Waals surface area contributed by atoms with Crippen molar-refractivity contribution in [3.8, 4) is 0 Å². The number of fused-ring (bicyclic) bond motifs is 1. The minimum atomic E-state index is -1.21. The van der Waals surface area contributed by atoms with Gasteiger partial charge in [-0.1, -0.05) is 18.2 Å². The average Bonchev–Trinajstić information content (AvgIpc) is 3.33. The van der Waals surface area contributed by atoms with Gasteiger partial charge in [-0.3, -0.25) is 19.3 Å². The second-order valence-corrected chi connectivity index (χ2v) is 8.39. The van der Waals surface area contributed by atoms with Gasteiger partial charge in [0, 0.05) is 11.3 Å². The number of aryl methyl sites for hydroxylation is 3. The fourth-order valence-corrected chi connectivity index (χ4v) is 4.70. The van der Waals surface area contributed by atoms with Crippen molar-refractivity contribution in [2.24, 2.45) is 0 Å². The van der Waals surface area contributed by atoms with Crippen molar-refractivity contribution in [2.45, 2.75) is 52.5 Å². The molecule has 4 rings (SSSR count). The minimum Gasteiger partial charge on any atom is -0.355 e. The number of nitrogens with zero attached hydrogens (tertiary/aromatic N) is 1. The number of nitrogens with one attached hydrogen (secondary N) is 2. The summed E-state index contributed by atoms with van der Waals surface area (Å²) in [4.78, 5) is 54.4. The van der Waals surface area contributed by atoms with Crippen LogP contribution in [0.2, 0.25) is 0 Å². The maximum Gasteiger partial charge on any atom is 0.325 e. The van der Waals surface area contributed by atoms with Crippen molar-refractivity contribution in [3.63, 3.8) is 0 Å². The van der Waals surface area contributed by atoms with Gasteiger partial charge in [0.2, 0.25) is 0 Å². The summed E-state index contributed by atoms with van der Waals surface area (Å²) >= 11 is 0. The first-order chi connectivity index (χ1) is 14.1. The van der Waals surface area contributed by atoms with Crippen molar-refractivity contribution in [1.82, 2.24) is 15.2 Å². The number of benzene rings is 1. The fourth-order valence-electron chi connectivity index (χ4n) is 4.70. The quantitative estimate of drug-likeness (QED) is 0.588. The molecule has 1 fully saturated rings. The number of amides is 3. The molecular formula is C23H25N3O4. The third kappa shape index (κ3) is 2.96. The van der Waals surface area contributed by atoms with E-state index in [2.05, 4.69) is 10.3 Å². The predicted molar refractivity (Wildman–Crippen MR) is 111 cm³/mol. The lowest BCUT2D eigenvalue weighted by Gasteiger charge is -2.23. The average molecular weight is 407 g/mol. The zero-order valence-electron chi connectivity index (χ0n) is 17.6. The molecule has 7 heteroatoms. The van der Waals surface area contributed by atoms with Crippen LogP contribution in [0, 0.1) is 13.8 Å². The van der Waals surface area contributed by atoms with Crippen molar-refractivity contribution in [3.05, 3.63) is 57.4 Å². The normalized spacial score (nSPS) is 20.5. The lowest BCUT2D eigenvalue weighted by atomic mass is 9.89. The predicted octanol–water partition coefficient (Wildman–Crippen LogP) is 2.97. The molecule has 2 aliphatic rings. The Morgan fingerprint density at radius 2 is 1.83 bits per heavy atom. The van der Waals surface area contributed by atoms with Gasteiger partial charge in [-0.15, -0.1) is 0 Å². The Hall–Kier alpha value is -3.22. The molecular weight excluding hydrogens is 382 g/mol. The number of carbonyl (C=O) groups excluding carboxylic acids is 4. The highest BCUT2D eigenvalue weighted by atomic mass is 16.2. The van der Waals surface area contributed by atoms with Crippen LogP contribution in [0.15, 0.2) is 18.2 Å². The molecule has 0 unspecified atom stereocenters. The molecule has 1 aliphatic heterocycles. The van der Waals surface area contributed by atoms with Gasteiger partial charge in [0.1, 0.15) is 5.54 Å². The first-order valence-electron chi connectivity index (χ1n) is 10.1. The van der Waals surface area contributed by atoms with Crippen LogP contribution >= 0.6 is 0 Å². The van der Waals surface area contributed by atoms with E-state index >= 15 is 0 Å². The summed E-state index contributed by atoms with van der Waals surface area (Å²) in [6, 6.07) is 5.29. The van der Waals surface area contributed by atoms with Gasteiger partial charge in [-0.05, 0) is 69.2 Å². The van der Waals surface area contributed by atoms with E-state index in [-0.39, 0.29) is 18.0 Å². The molecule has 7 nitrogen and oxygen atoms in total. The third-order valence-electron chi connectivity index (χ3n) is 6.32. The molecule has 0 radical (unpaired) electrons. The van der Waals surface area contributed by atoms with Crippen LogP contribution in [0.5, 0.6) is 0 Å². The summed E-state index contributed by atoms with van der Waals surface area (Å²) < 4.78 is 0. The first kappa shape index (κ1) is 20.1. The lowest BCUT2D eigenvalue weighted by molar-refractivity contribution is -0.130. The van der Waals surface area contributed by atoms with Crippen molar-refractivity contribution < 1.29 is 19.2 Å². The number of H-pyrrole nitrogens is 1. The molecule has 0 spiro atoms. The van der Waals surface area contributed by atoms with Crippen LogP contribution in [-0.2, 0) is 23.2 Å². The molecule has 1 aliphatic carbocycles. The Kier molecular flexibility index (Phi) is 4.64. The number of urea groups is 1. The van der Waals surface area contributed by atoms with Gasteiger partial charge in [0.25, 0.3) is 5.91 Å². The monoisotopic (exact) mass is 407 g/mol. The van der Waals surface area contributed by atoms with E-state index in [1.165, 1.54) is 18.1 Å². The highest BCUT2D eigenvalue weighted by molar-refractivity contribution is 6.12. The SMILES string of the molecule is CC(=O)c1c(C)[nH]c(C(=O)CN2C(=O)N[C@](C)(c3ccc4c(c3)CCC4)C2=O)c1C. The number of Topliss-reactive ketones (excluding diaryl/α,β-unsaturated/α-hetero) is 2. The van der Waals surface area contributed by atoms with E-state index in [0.717, 1.165) is 29.7 Å². The molecule has 1 aromatic carbocycles. The summed E-state index contributed by atoms with van der Waals surface area (Å²) in [5.74, 6) is -1.00. The summed E-state index contributed by atoms with van der Waals surface area (Å²) in [5, 5.41) is 2.76. The fraction of sp³-hybridized carbons (Fsp3) is 0.391. The van der Waals surface area contributed by atoms with E-state index in [9.17, 15) is 19.2 Å². The molecule has 1 atom stereocenters. The molecule has 2 heterocycles. The van der Waals surface area contributed by atoms with E-state index in [1.807, 2.05) is 18.2 Å². The smallest absolute Gasteiger partial charge is 0.325 e. The Bertz CT molecular complexity index is 1110. The van der Waals surface area contributed by atoms with Gasteiger partial charge < -0.3 is 10.3 Å². The Morgan fingerprint density at radius 1 is 1.13 bits per heavy atom. The molecule has 2 N–H and O–H groups in total. The maximum absolute atomic E-state index is 13.2. The van der Waals surface area contributed by atoms with E-state index in [1.54, 1.807) is 20.8 Å². The van der Waals surface area contributed by atoms with Gasteiger partial charge in [0.15, 0.2) is 11.6 Å². The summed E-state index contributed by atoms with van der Waals surface area (Å²) in [7, 11) is 0. The van der Waals surface area contributed by atoms with Crippen LogP contribution in [-0.4, -0.2) is 39.9 Å². The molecule has 30 heavy (non-hydrogen) atoms. The van der Waals surface area contributed by atoms with Gasteiger partial charge in [-0.25, -0.2) is 4.79 Å². The van der Waals surface area contributed by atoms with E-state index in [0.29, 0.717) is 16.8 Å². The molecule has 0 saturated carbocycles. The zero-order valence-corrected chi connectivity index (χ0v) is 17.6. The first-order valence-corrected chi connectivity index (χ1v) is 10.1. The topological polar surface area (TPSA) is 99.3 Å². The van der Waals surface area contributed by atoms with Gasteiger partial charge in [0.05, 0.1) is 12.2 Å². The van der Waals surface area contributed by atoms with Crippen LogP contribution in [0.1, 0.15) is 69.1 Å². The number of hydrogen-bond acceptors (Lipinski definition) is 4. The summed E-state index contributed by atoms with van der Waals surface area (Å²) in [5.41, 5.74) is 3.87. The van der Waals surface area contributed by atoms with Crippen molar-refractivity contribution >= 4 is 23.5 Å². The third-order valence-corrected chi connectivity index (χ3v) is 6.32. The highest BCUT2D eigenvalue weighted by Crippen LogP contribution is 2.33. The Balaban J connectivity index is 1.60. The van der Waals surface area contributed by atoms with Crippen LogP contribution in [0.4, 0.5) is 4.79 Å². The van der Waals surface area contributed by atoms with Gasteiger partial charge >= 0.3 is 6.03 Å². The van der Waals surface area contributed by atoms with Crippen LogP contribution < -0.4 is 5.32 Å². The number of aromatic amines is 1. The Labute approximate surface area is 174 Å². The number of ketones is 2. The lowest BCUT2D eigenvalue weighted by Crippen LogP contribution is -2.41. The van der Waals surface area contributed by atoms with Gasteiger partial charge in [-0.2, -0.15) is 0 Å². The van der Waals surface area contributed by atoms with E-state index < -0.39 is 23.3 Å². The molecule has 1 saturated heterocycles. The molecule has 2 aromatic rings. The number of carbonyl (C=O) groups is 4. The number of rotatable bonds is 5. The maximum atomic E-state index is 13.2. The van der Waals surface area contributed by atoms with Crippen molar-refractivity contribution in [1.29, 1.82) is 0 Å². The minimum absolute atomic E-state index is 0.139. The van der Waals surface area contributed by atoms with Crippen LogP contribution in [0.25, 0.3) is 0 Å². The van der Waals surface area contributed by atoms with Crippen molar-refractivity contribution in [2.75, 3.05) is 6.54 Å². The standard InChI is InChI=1S/C23H25N3O4/c1-12-19(14(3)27)13(2)24-20(12)18(28)11-26-21(29)23(4,25-22(26)30)17-9-8-15-6-5-7-16(15)10-17/h8-10,24H,5-7,11H2,1-4H3,(H,25,30)/t23-/m1/s1. The Morgan fingerprint density at radius 3 is 2.50 bits per heavy atom. The van der Waals surface area contributed by atoms with E-state index in [4.69, 9.17) is 0 Å². The molecule has 0 bridgehead atoms.